The minimum Gasteiger partial charge on any atom is -0.477 e. The molecule has 2 aromatic heterocycles. The first-order valence-corrected chi connectivity index (χ1v) is 6.42. The van der Waals surface area contributed by atoms with Crippen LogP contribution in [-0.4, -0.2) is 40.9 Å². The summed E-state index contributed by atoms with van der Waals surface area (Å²) in [5.74, 6) is -1.84. The van der Waals surface area contributed by atoms with Crippen molar-refractivity contribution in [2.45, 2.75) is 7.43 Å². The zero-order valence-electron chi connectivity index (χ0n) is 17.9. The van der Waals surface area contributed by atoms with Gasteiger partial charge in [-0.05, 0) is 31.2 Å². The Morgan fingerprint density at radius 3 is 1.96 bits per heavy atom. The van der Waals surface area contributed by atoms with Crippen LogP contribution >= 0.6 is 35.6 Å². The zero-order chi connectivity index (χ0) is 22.8. The maximum absolute atomic E-state index is 11.2. The number of carboxylic acids is 1. The SMILES string of the molecule is C.Cl.O=C(O)c1cc(Cl)ccn1.[2H]C([2H])([2H])N.[2H]C([2H])([2H])NC(=O)c1cc(Cl)ccn1. The molecule has 0 aliphatic carbocycles. The number of amides is 1. The zero-order valence-corrected chi connectivity index (χ0v) is 14.2. The molecule has 0 spiro atoms. The van der Waals surface area contributed by atoms with E-state index in [9.17, 15) is 9.59 Å². The molecule has 0 aromatic carbocycles. The molecule has 1 amide bonds. The van der Waals surface area contributed by atoms with Gasteiger partial charge in [0, 0.05) is 37.6 Å². The molecule has 0 saturated carbocycles. The summed E-state index contributed by atoms with van der Waals surface area (Å²) < 4.78 is 38.6. The smallest absolute Gasteiger partial charge is 0.354 e. The molecule has 0 atom stereocenters. The van der Waals surface area contributed by atoms with Gasteiger partial charge in [-0.1, -0.05) is 30.6 Å². The maximum Gasteiger partial charge on any atom is 0.354 e. The Labute approximate surface area is 171 Å². The van der Waals surface area contributed by atoms with Crippen molar-refractivity contribution in [1.29, 1.82) is 0 Å². The van der Waals surface area contributed by atoms with Gasteiger partial charge in [-0.3, -0.25) is 9.78 Å². The van der Waals surface area contributed by atoms with Crippen molar-refractivity contribution < 1.29 is 22.9 Å². The van der Waals surface area contributed by atoms with E-state index in [1.165, 1.54) is 36.7 Å². The number of carboxylic acid groups (broad SMARTS) is 1. The van der Waals surface area contributed by atoms with Gasteiger partial charge < -0.3 is 16.2 Å². The van der Waals surface area contributed by atoms with Gasteiger partial charge in [0.25, 0.3) is 5.91 Å². The van der Waals surface area contributed by atoms with Crippen LogP contribution in [0.25, 0.3) is 0 Å². The van der Waals surface area contributed by atoms with E-state index >= 15 is 0 Å². The lowest BCUT2D eigenvalue weighted by Gasteiger charge is -1.97. The second-order valence-electron chi connectivity index (χ2n) is 3.48. The Morgan fingerprint density at radius 2 is 1.60 bits per heavy atom. The molecule has 10 heteroatoms. The van der Waals surface area contributed by atoms with Crippen molar-refractivity contribution in [3.8, 4) is 0 Å². The van der Waals surface area contributed by atoms with Gasteiger partial charge in [0.15, 0.2) is 0 Å². The Kier molecular flexibility index (Phi) is 10.3. The summed E-state index contributed by atoms with van der Waals surface area (Å²) in [5.41, 5.74) is 4.30. The van der Waals surface area contributed by atoms with E-state index in [0.717, 1.165) is 0 Å². The molecule has 25 heavy (non-hydrogen) atoms. The molecule has 140 valence electrons. The van der Waals surface area contributed by atoms with Crippen molar-refractivity contribution in [1.82, 2.24) is 15.3 Å². The van der Waals surface area contributed by atoms with Gasteiger partial charge in [0.2, 0.25) is 0 Å². The Bertz CT molecular complexity index is 832. The summed E-state index contributed by atoms with van der Waals surface area (Å²) in [5, 5.41) is 10.9. The molecule has 0 aliphatic rings. The molecular weight excluding hydrogens is 391 g/mol. The summed E-state index contributed by atoms with van der Waals surface area (Å²) in [6, 6.07) is 5.61. The molecule has 2 aromatic rings. The van der Waals surface area contributed by atoms with Gasteiger partial charge in [-0.25, -0.2) is 9.78 Å². The molecule has 2 heterocycles. The van der Waals surface area contributed by atoms with Gasteiger partial charge in [0.05, 0.1) is 0 Å². The van der Waals surface area contributed by atoms with Crippen LogP contribution in [0.3, 0.4) is 0 Å². The van der Waals surface area contributed by atoms with Crippen LogP contribution in [0.1, 0.15) is 36.6 Å². The number of pyridine rings is 2. The van der Waals surface area contributed by atoms with Gasteiger partial charge in [-0.15, -0.1) is 12.4 Å². The van der Waals surface area contributed by atoms with Crippen LogP contribution in [0.15, 0.2) is 36.7 Å². The van der Waals surface area contributed by atoms with E-state index in [-0.39, 0.29) is 31.2 Å². The topological polar surface area (TPSA) is 118 Å². The van der Waals surface area contributed by atoms with Crippen LogP contribution in [0.5, 0.6) is 0 Å². The molecule has 0 bridgehead atoms. The molecule has 0 fully saturated rings. The fraction of sp³-hybridized carbons (Fsp3) is 0.200. The summed E-state index contributed by atoms with van der Waals surface area (Å²) in [7, 11) is 0. The fourth-order valence-corrected chi connectivity index (χ4v) is 1.43. The highest BCUT2D eigenvalue weighted by molar-refractivity contribution is 6.31. The number of nitrogens with two attached hydrogens (primary N) is 1. The van der Waals surface area contributed by atoms with E-state index in [0.29, 0.717) is 10.0 Å². The highest BCUT2D eigenvalue weighted by atomic mass is 35.5. The van der Waals surface area contributed by atoms with Crippen molar-refractivity contribution >= 4 is 47.5 Å². The summed E-state index contributed by atoms with van der Waals surface area (Å²) in [6.45, 7) is -4.76. The highest BCUT2D eigenvalue weighted by Gasteiger charge is 2.03. The standard InChI is InChI=1S/C7H7ClN2O.C6H4ClNO2.CH5N.CH4.ClH/c1-9-7(11)6-4-5(8)2-3-10-6;7-4-1-2-8-5(3-4)6(9)10;1-2;;/h2-4H,1H3,(H,9,11);1-3H,(H,9,10);2H2,1H3;1H4;1H/i1D3;;1D3;;. The predicted molar refractivity (Wildman–Crippen MR) is 103 cm³/mol. The number of carbonyl (C=O) groups is 2. The largest absolute Gasteiger partial charge is 0.477 e. The quantitative estimate of drug-likeness (QED) is 0.690. The minimum absolute atomic E-state index is 0. The number of carbonyl (C=O) groups excluding carboxylic acids is 1. The normalized spacial score (nSPS) is 12.6. The molecule has 0 aliphatic heterocycles. The lowest BCUT2D eigenvalue weighted by molar-refractivity contribution is 0.0690. The monoisotopic (exact) mass is 416 g/mol. The number of halogens is 3. The number of nitrogens with one attached hydrogen (secondary N) is 1. The van der Waals surface area contributed by atoms with E-state index in [1.807, 2.05) is 0 Å². The lowest BCUT2D eigenvalue weighted by atomic mass is 10.3. The average Bonchev–Trinajstić information content (AvgIpc) is 2.52. The molecule has 0 unspecified atom stereocenters. The lowest BCUT2D eigenvalue weighted by Crippen LogP contribution is -2.18. The Balaban J connectivity index is -0.000000407. The first-order valence-electron chi connectivity index (χ1n) is 8.66. The third kappa shape index (κ3) is 11.3. The summed E-state index contributed by atoms with van der Waals surface area (Å²) >= 11 is 11.1. The highest BCUT2D eigenvalue weighted by Crippen LogP contribution is 2.07. The Hall–Kier alpha value is -1.93. The molecule has 0 radical (unpaired) electrons. The van der Waals surface area contributed by atoms with Crippen molar-refractivity contribution in [2.24, 2.45) is 5.73 Å². The Morgan fingerprint density at radius 1 is 1.16 bits per heavy atom. The number of rotatable bonds is 2. The first-order chi connectivity index (χ1) is 13.1. The second-order valence-corrected chi connectivity index (χ2v) is 4.35. The van der Waals surface area contributed by atoms with E-state index < -0.39 is 25.8 Å². The number of hydrogen-bond donors (Lipinski definition) is 3. The van der Waals surface area contributed by atoms with Crippen LogP contribution < -0.4 is 11.1 Å². The minimum atomic E-state index is -2.51. The first kappa shape index (κ1) is 16.5. The van der Waals surface area contributed by atoms with Crippen molar-refractivity contribution in [3.05, 3.63) is 58.1 Å². The van der Waals surface area contributed by atoms with Crippen LogP contribution in [0, 0.1) is 0 Å². The number of aromatic nitrogens is 2. The number of hydrogen-bond acceptors (Lipinski definition) is 5. The molecule has 4 N–H and O–H groups in total. The maximum atomic E-state index is 11.2. The van der Waals surface area contributed by atoms with Gasteiger partial charge in [0.1, 0.15) is 11.4 Å². The number of nitrogens with zero attached hydrogens (tertiary/aromatic N) is 2. The fourth-order valence-electron chi connectivity index (χ4n) is 1.11. The second kappa shape index (κ2) is 15.6. The van der Waals surface area contributed by atoms with Crippen LogP contribution in [0.4, 0.5) is 0 Å². The molecular formula is C15H21Cl3N4O3. The van der Waals surface area contributed by atoms with E-state index in [2.05, 4.69) is 15.7 Å². The third-order valence-corrected chi connectivity index (χ3v) is 2.48. The van der Waals surface area contributed by atoms with Gasteiger partial charge in [-0.2, -0.15) is 0 Å². The molecule has 7 nitrogen and oxygen atoms in total. The number of aromatic carboxylic acids is 1. The average molecular weight is 418 g/mol. The van der Waals surface area contributed by atoms with Crippen molar-refractivity contribution in [2.75, 3.05) is 14.0 Å². The summed E-state index contributed by atoms with van der Waals surface area (Å²) in [6.07, 6.45) is 2.68. The van der Waals surface area contributed by atoms with Crippen molar-refractivity contribution in [3.63, 3.8) is 0 Å². The van der Waals surface area contributed by atoms with E-state index in [4.69, 9.17) is 36.5 Å². The van der Waals surface area contributed by atoms with E-state index in [1.54, 1.807) is 5.32 Å². The third-order valence-electron chi connectivity index (χ3n) is 2.01. The molecule has 2 rings (SSSR count). The van der Waals surface area contributed by atoms with Gasteiger partial charge >= 0.3 is 5.97 Å². The van der Waals surface area contributed by atoms with Crippen LogP contribution in [0.2, 0.25) is 10.0 Å². The summed E-state index contributed by atoms with van der Waals surface area (Å²) in [4.78, 5) is 28.7. The molecule has 0 saturated heterocycles. The van der Waals surface area contributed by atoms with Crippen LogP contribution in [-0.2, 0) is 0 Å². The predicted octanol–water partition coefficient (Wildman–Crippen LogP) is 3.16.